The van der Waals surface area contributed by atoms with E-state index < -0.39 is 5.97 Å². The molecule has 0 radical (unpaired) electrons. The minimum Gasteiger partial charge on any atom is -0.545 e. The van der Waals surface area contributed by atoms with E-state index in [4.69, 9.17) is 0 Å². The van der Waals surface area contributed by atoms with Crippen LogP contribution >= 0.6 is 0 Å². The number of likely N-dealkylation sites (N-methyl/N-ethyl adjacent to an activating group) is 1. The first-order valence-corrected chi connectivity index (χ1v) is 3.10. The van der Waals surface area contributed by atoms with E-state index in [-0.39, 0.29) is 0 Å². The third-order valence-corrected chi connectivity index (χ3v) is 0.907. The molecule has 0 bridgehead atoms. The van der Waals surface area contributed by atoms with Gasteiger partial charge >= 0.3 is 0 Å². The van der Waals surface area contributed by atoms with Gasteiger partial charge in [0.05, 0.1) is 33.7 Å². The monoisotopic (exact) mass is 149 g/mol. The molecular formula is C7H13NO2. The van der Waals surface area contributed by atoms with Crippen molar-refractivity contribution >= 4 is 5.97 Å². The fourth-order valence-corrected chi connectivity index (χ4v) is 0.465. The van der Waals surface area contributed by atoms with Crippen LogP contribution in [0, 0.1) is 0 Å². The van der Waals surface area contributed by atoms with Crippen molar-refractivity contribution in [1.82, 2.24) is 0 Å². The topological polar surface area (TPSA) is 40.1 Å². The first-order chi connectivity index (χ1) is 4.42. The van der Waals surface area contributed by atoms with Crippen molar-refractivity contribution in [1.29, 1.82) is 0 Å². The summed E-state index contributed by atoms with van der Waals surface area (Å²) in [5.74, 6) is -1.13. The number of hydrogen-bond donors (Lipinski definition) is 0. The summed E-state index contributed by atoms with van der Waals surface area (Å²) in [5, 5.41) is 9.88. The lowest BCUT2D eigenvalue weighted by Crippen LogP contribution is -2.34. The van der Waals surface area contributed by atoms with Crippen molar-refractivity contribution < 1.29 is 14.4 Å². The molecular weight excluding hydrogens is 136 g/mol. The maximum Gasteiger partial charge on any atom is 0.0971 e. The van der Waals surface area contributed by atoms with E-state index in [0.717, 1.165) is 10.6 Å². The Hall–Kier alpha value is -0.830. The van der Waals surface area contributed by atoms with Crippen LogP contribution in [0.2, 0.25) is 0 Å². The molecule has 0 atom stereocenters. The third kappa shape index (κ3) is 7.17. The van der Waals surface area contributed by atoms with Crippen LogP contribution in [0.3, 0.4) is 0 Å². The number of carboxylic acid groups (broad SMARTS) is 1. The van der Waals surface area contributed by atoms with Crippen molar-refractivity contribution in [2.45, 2.75) is 0 Å². The summed E-state index contributed by atoms with van der Waals surface area (Å²) >= 11 is 0. The van der Waals surface area contributed by atoms with E-state index in [1.807, 2.05) is 21.1 Å². The van der Waals surface area contributed by atoms with E-state index in [1.165, 1.54) is 0 Å². The van der Waals surface area contributed by atoms with Gasteiger partial charge in [-0.3, -0.25) is 0 Å². The second-order valence-electron chi connectivity index (χ2n) is 3.19. The molecule has 0 rings (SSSR count). The summed E-state index contributed by atoms with van der Waals surface area (Å²) in [6.45, 7) is 0.702. The van der Waals surface area contributed by atoms with Crippen LogP contribution in [-0.2, 0) is 4.79 Å². The number of quaternary nitrogens is 1. The quantitative estimate of drug-likeness (QED) is 0.381. The van der Waals surface area contributed by atoms with Gasteiger partial charge in [0.15, 0.2) is 0 Å². The zero-order valence-corrected chi connectivity index (χ0v) is 6.63. The standard InChI is InChI=1S/C7H13NO2/c1-8(2,3)6-4-5-7(9)10/h4-5H,6H2,1-3H3/b5-4+/i1+2,2+2,3+2. The van der Waals surface area contributed by atoms with E-state index in [9.17, 15) is 9.90 Å². The highest BCUT2D eigenvalue weighted by molar-refractivity contribution is 5.77. The summed E-state index contributed by atoms with van der Waals surface area (Å²) in [6.07, 6.45) is 2.65. The lowest BCUT2D eigenvalue weighted by Gasteiger charge is -2.21. The normalized spacial score (nSPS) is 12.3. The fraction of sp³-hybridized carbons (Fsp3) is 0.571. The second-order valence-corrected chi connectivity index (χ2v) is 3.19. The molecule has 3 nitrogen and oxygen atoms in total. The molecule has 0 unspecified atom stereocenters. The van der Waals surface area contributed by atoms with Crippen molar-refractivity contribution in [2.24, 2.45) is 0 Å². The zero-order valence-electron chi connectivity index (χ0n) is 6.63. The van der Waals surface area contributed by atoms with Gasteiger partial charge in [-0.25, -0.2) is 0 Å². The number of carboxylic acids is 1. The number of nitrogens with zero attached hydrogens (tertiary/aromatic N) is 1. The molecule has 3 heteroatoms. The van der Waals surface area contributed by atoms with Crippen molar-refractivity contribution in [2.75, 3.05) is 27.7 Å². The van der Waals surface area contributed by atoms with E-state index >= 15 is 0 Å². The lowest BCUT2D eigenvalue weighted by atomic mass is 10.5. The molecule has 0 N–H and O–H groups in total. The maximum atomic E-state index is 9.88. The van der Waals surface area contributed by atoms with E-state index in [1.54, 1.807) is 6.08 Å². The lowest BCUT2D eigenvalue weighted by molar-refractivity contribution is -0.864. The number of hydrogen-bond acceptors (Lipinski definition) is 2. The Kier molecular flexibility index (Phi) is 3.09. The predicted octanol–water partition coefficient (Wildman–Crippen LogP) is -1.00. The Labute approximate surface area is 61.2 Å². The van der Waals surface area contributed by atoms with Gasteiger partial charge in [0.2, 0.25) is 0 Å². The summed E-state index contributed by atoms with van der Waals surface area (Å²) in [7, 11) is 5.96. The molecule has 0 aromatic rings. The molecule has 58 valence electrons. The average Bonchev–Trinajstić information content (AvgIpc) is 1.59. The Morgan fingerprint density at radius 1 is 1.50 bits per heavy atom. The fourth-order valence-electron chi connectivity index (χ4n) is 0.465. The average molecular weight is 149 g/mol. The molecule has 10 heavy (non-hydrogen) atoms. The Bertz CT molecular complexity index is 144. The van der Waals surface area contributed by atoms with Gasteiger partial charge in [-0.1, -0.05) is 0 Å². The highest BCUT2D eigenvalue weighted by atomic mass is 16.4. The molecule has 0 amide bonds. The van der Waals surface area contributed by atoms with Crippen LogP contribution in [0.1, 0.15) is 0 Å². The van der Waals surface area contributed by atoms with Gasteiger partial charge in [0.25, 0.3) is 0 Å². The minimum absolute atomic E-state index is 0.702. The predicted molar refractivity (Wildman–Crippen MR) is 37.0 cm³/mol. The van der Waals surface area contributed by atoms with Crippen LogP contribution in [0.5, 0.6) is 0 Å². The SMILES string of the molecule is [14CH3][N+]([14CH3])([14CH3])C/C=C/C(=O)[O-]. The van der Waals surface area contributed by atoms with Crippen LogP contribution in [0.15, 0.2) is 12.2 Å². The summed E-state index contributed by atoms with van der Waals surface area (Å²) in [5.41, 5.74) is 0. The van der Waals surface area contributed by atoms with Gasteiger partial charge in [-0.15, -0.1) is 0 Å². The first kappa shape index (κ1) is 9.17. The molecule has 0 heterocycles. The van der Waals surface area contributed by atoms with Crippen LogP contribution in [0.4, 0.5) is 0 Å². The van der Waals surface area contributed by atoms with Crippen molar-refractivity contribution in [3.8, 4) is 0 Å². The molecule has 0 aliphatic carbocycles. The smallest absolute Gasteiger partial charge is 0.0971 e. The summed E-state index contributed by atoms with van der Waals surface area (Å²) in [6, 6.07) is 0. The summed E-state index contributed by atoms with van der Waals surface area (Å²) < 4.78 is 0.726. The molecule has 0 saturated carbocycles. The number of carbonyl (C=O) groups excluding carboxylic acids is 1. The van der Waals surface area contributed by atoms with Crippen LogP contribution < -0.4 is 5.11 Å². The van der Waals surface area contributed by atoms with Crippen molar-refractivity contribution in [3.63, 3.8) is 0 Å². The van der Waals surface area contributed by atoms with Crippen LogP contribution in [-0.4, -0.2) is 38.1 Å². The molecule has 0 saturated heterocycles. The highest BCUT2D eigenvalue weighted by Crippen LogP contribution is 1.88. The van der Waals surface area contributed by atoms with Crippen molar-refractivity contribution in [3.05, 3.63) is 12.2 Å². The molecule has 0 aromatic carbocycles. The van der Waals surface area contributed by atoms with Gasteiger partial charge in [0.1, 0.15) is 0 Å². The maximum absolute atomic E-state index is 9.88. The highest BCUT2D eigenvalue weighted by Gasteiger charge is 2.00. The first-order valence-electron chi connectivity index (χ1n) is 3.10. The molecule has 0 aliphatic heterocycles. The number of aliphatic carboxylic acids is 1. The van der Waals surface area contributed by atoms with E-state index in [0.29, 0.717) is 6.54 Å². The zero-order chi connectivity index (χ0) is 8.20. The van der Waals surface area contributed by atoms with E-state index in [2.05, 4.69) is 0 Å². The largest absolute Gasteiger partial charge is 0.545 e. The number of carbonyl (C=O) groups is 1. The molecule has 0 spiro atoms. The minimum atomic E-state index is -1.13. The Balaban J connectivity index is 3.64. The summed E-state index contributed by atoms with van der Waals surface area (Å²) in [4.78, 5) is 9.88. The van der Waals surface area contributed by atoms with Gasteiger partial charge in [-0.2, -0.15) is 0 Å². The number of rotatable bonds is 3. The Morgan fingerprint density at radius 3 is 2.30 bits per heavy atom. The second kappa shape index (κ2) is 3.37. The third-order valence-electron chi connectivity index (χ3n) is 0.907. The van der Waals surface area contributed by atoms with Gasteiger partial charge in [-0.05, 0) is 12.2 Å². The molecule has 0 aliphatic rings. The van der Waals surface area contributed by atoms with Gasteiger partial charge in [0, 0.05) is 0 Å². The Morgan fingerprint density at radius 2 is 2.00 bits per heavy atom. The van der Waals surface area contributed by atoms with Crippen LogP contribution in [0.25, 0.3) is 0 Å². The molecule has 0 fully saturated rings. The van der Waals surface area contributed by atoms with Gasteiger partial charge < -0.3 is 14.4 Å². The molecule has 0 aromatic heterocycles.